The molecule has 66 heavy (non-hydrogen) atoms. The Hall–Kier alpha value is -7.25. The van der Waals surface area contributed by atoms with Gasteiger partial charge in [0, 0.05) is 99.3 Å². The lowest BCUT2D eigenvalue weighted by molar-refractivity contribution is -0.136. The highest BCUT2D eigenvalue weighted by Crippen LogP contribution is 2.31. The van der Waals surface area contributed by atoms with Gasteiger partial charge in [-0.1, -0.05) is 6.07 Å². The van der Waals surface area contributed by atoms with E-state index >= 15 is 0 Å². The standard InChI is InChI=1S/C47H50F2N10O7/c48-29-20-28(21-30(49)23-29)19-27-1-6-38(50)37(22-27)43(51)56-44(62)35-5-3-33(25-39(35)54-31-9-17-66-18-10-31)58-15-13-57(14-16-58)26-42(61)53-12-11-52-32-2-4-34-36(24-32)47(65)59(46(34)64)40-7-8-41(60)55-45(40)63/h1-6,20-25,31,40,52,54H,7-19,26,50H2,(H,53,61)(H2,51,56,62)(H,55,60,63). The Labute approximate surface area is 378 Å². The van der Waals surface area contributed by atoms with Gasteiger partial charge in [0.25, 0.3) is 17.7 Å². The number of carbonyl (C=O) groups is 6. The van der Waals surface area contributed by atoms with Crippen LogP contribution in [0.5, 0.6) is 0 Å². The van der Waals surface area contributed by atoms with Crippen LogP contribution < -0.4 is 37.6 Å². The van der Waals surface area contributed by atoms with Crippen molar-refractivity contribution in [2.45, 2.75) is 44.2 Å². The minimum atomic E-state index is -1.05. The summed E-state index contributed by atoms with van der Waals surface area (Å²) in [6.45, 7) is 4.50. The molecule has 4 aliphatic heterocycles. The Morgan fingerprint density at radius 2 is 1.55 bits per heavy atom. The highest BCUT2D eigenvalue weighted by Gasteiger charge is 2.44. The number of hydrogen-bond acceptors (Lipinski definition) is 12. The van der Waals surface area contributed by atoms with E-state index in [0.717, 1.165) is 29.5 Å². The molecule has 1 atom stereocenters. The zero-order valence-electron chi connectivity index (χ0n) is 36.0. The third kappa shape index (κ3) is 10.5. The number of aliphatic imine (C=N–C) groups is 1. The van der Waals surface area contributed by atoms with Crippen molar-refractivity contribution in [3.63, 3.8) is 0 Å². The number of amides is 6. The van der Waals surface area contributed by atoms with Crippen molar-refractivity contribution in [1.82, 2.24) is 20.4 Å². The Bertz CT molecular complexity index is 2590. The number of rotatable bonds is 14. The van der Waals surface area contributed by atoms with Crippen molar-refractivity contribution in [3.05, 3.63) is 118 Å². The molecule has 0 bridgehead atoms. The van der Waals surface area contributed by atoms with E-state index in [4.69, 9.17) is 16.2 Å². The zero-order valence-corrected chi connectivity index (χ0v) is 36.0. The number of benzene rings is 4. The van der Waals surface area contributed by atoms with E-state index in [9.17, 15) is 37.5 Å². The highest BCUT2D eigenvalue weighted by molar-refractivity contribution is 6.23. The molecule has 344 valence electrons. The van der Waals surface area contributed by atoms with E-state index in [0.29, 0.717) is 86.1 Å². The van der Waals surface area contributed by atoms with Crippen molar-refractivity contribution < 1.29 is 42.3 Å². The molecule has 1 unspecified atom stereocenters. The summed E-state index contributed by atoms with van der Waals surface area (Å²) in [4.78, 5) is 86.3. The number of fused-ring (bicyclic) bond motifs is 1. The number of piperazine rings is 1. The molecular weight excluding hydrogens is 855 g/mol. The van der Waals surface area contributed by atoms with Crippen LogP contribution in [-0.4, -0.2) is 122 Å². The van der Waals surface area contributed by atoms with Gasteiger partial charge in [0.15, 0.2) is 0 Å². The summed E-state index contributed by atoms with van der Waals surface area (Å²) < 4.78 is 33.3. The predicted octanol–water partition coefficient (Wildman–Crippen LogP) is 3.03. The summed E-state index contributed by atoms with van der Waals surface area (Å²) in [5.41, 5.74) is 17.1. The molecular formula is C47H50F2N10O7. The molecule has 3 saturated heterocycles. The molecule has 19 heteroatoms. The van der Waals surface area contributed by atoms with Gasteiger partial charge in [0.1, 0.15) is 23.5 Å². The first-order valence-corrected chi connectivity index (χ1v) is 21.8. The summed E-state index contributed by atoms with van der Waals surface area (Å²) in [5.74, 6) is -4.48. The number of piperidine rings is 1. The van der Waals surface area contributed by atoms with Gasteiger partial charge in [-0.25, -0.2) is 8.78 Å². The molecule has 6 amide bonds. The van der Waals surface area contributed by atoms with Crippen LogP contribution in [0, 0.1) is 11.6 Å². The van der Waals surface area contributed by atoms with Crippen LogP contribution in [-0.2, 0) is 25.5 Å². The maximum atomic E-state index is 13.9. The van der Waals surface area contributed by atoms with Gasteiger partial charge in [-0.15, -0.1) is 0 Å². The van der Waals surface area contributed by atoms with Crippen molar-refractivity contribution in [2.24, 2.45) is 10.7 Å². The van der Waals surface area contributed by atoms with Gasteiger partial charge in [0.2, 0.25) is 17.7 Å². The van der Waals surface area contributed by atoms with Crippen LogP contribution in [0.3, 0.4) is 0 Å². The SMILES string of the molecule is NC(=NC(=O)c1ccc(N2CCN(CC(=O)NCCNc3ccc4c(c3)C(=O)N(C3CCC(=O)NC3=O)C4=O)CC2)cc1NC1CCOCC1)c1cc(Cc2cc(F)cc(F)c2)ccc1N. The van der Waals surface area contributed by atoms with Gasteiger partial charge >= 0.3 is 0 Å². The van der Waals surface area contributed by atoms with E-state index in [1.807, 2.05) is 12.1 Å². The Kier molecular flexibility index (Phi) is 13.6. The molecule has 4 aromatic carbocycles. The van der Waals surface area contributed by atoms with Crippen LogP contribution in [0.25, 0.3) is 0 Å². The molecule has 8 N–H and O–H groups in total. The quantitative estimate of drug-likeness (QED) is 0.0352. The van der Waals surface area contributed by atoms with Gasteiger partial charge in [-0.2, -0.15) is 4.99 Å². The smallest absolute Gasteiger partial charge is 0.281 e. The summed E-state index contributed by atoms with van der Waals surface area (Å²) in [5, 5.41) is 11.8. The molecule has 0 saturated carbocycles. The number of ether oxygens (including phenoxy) is 1. The fourth-order valence-electron chi connectivity index (χ4n) is 8.62. The summed E-state index contributed by atoms with van der Waals surface area (Å²) in [6.07, 6.45) is 1.82. The van der Waals surface area contributed by atoms with Gasteiger partial charge in [-0.3, -0.25) is 43.9 Å². The first kappa shape index (κ1) is 45.3. The zero-order chi connectivity index (χ0) is 46.5. The number of nitrogens with one attached hydrogen (secondary N) is 4. The van der Waals surface area contributed by atoms with Crippen molar-refractivity contribution in [2.75, 3.05) is 80.3 Å². The first-order chi connectivity index (χ1) is 31.8. The minimum Gasteiger partial charge on any atom is -0.398 e. The van der Waals surface area contributed by atoms with Crippen LogP contribution in [0.4, 0.5) is 31.5 Å². The third-order valence-corrected chi connectivity index (χ3v) is 12.1. The Balaban J connectivity index is 0.844. The molecule has 0 spiro atoms. The largest absolute Gasteiger partial charge is 0.398 e. The molecule has 3 fully saturated rings. The monoisotopic (exact) mass is 904 g/mol. The topological polar surface area (TPSA) is 234 Å². The third-order valence-electron chi connectivity index (χ3n) is 12.1. The summed E-state index contributed by atoms with van der Waals surface area (Å²) in [6, 6.07) is 17.6. The number of amidine groups is 1. The van der Waals surface area contributed by atoms with E-state index in [1.54, 1.807) is 36.4 Å². The second kappa shape index (κ2) is 19.9. The molecule has 0 radical (unpaired) electrons. The van der Waals surface area contributed by atoms with Crippen LogP contribution in [0.15, 0.2) is 77.8 Å². The van der Waals surface area contributed by atoms with Crippen LogP contribution >= 0.6 is 0 Å². The fraction of sp³-hybridized carbons (Fsp3) is 0.340. The molecule has 0 aliphatic carbocycles. The maximum Gasteiger partial charge on any atom is 0.281 e. The summed E-state index contributed by atoms with van der Waals surface area (Å²) in [7, 11) is 0. The second-order valence-electron chi connectivity index (χ2n) is 16.7. The van der Waals surface area contributed by atoms with Gasteiger partial charge in [-0.05, 0) is 97.5 Å². The maximum absolute atomic E-state index is 13.9. The van der Waals surface area contributed by atoms with Crippen molar-refractivity contribution in [3.8, 4) is 0 Å². The lowest BCUT2D eigenvalue weighted by Crippen LogP contribution is -2.54. The van der Waals surface area contributed by atoms with Gasteiger partial charge in [0.05, 0.1) is 23.2 Å². The summed E-state index contributed by atoms with van der Waals surface area (Å²) >= 11 is 0. The number of anilines is 4. The molecule has 4 aromatic rings. The number of nitrogens with zero attached hydrogens (tertiary/aromatic N) is 4. The Morgan fingerprint density at radius 1 is 0.803 bits per heavy atom. The number of nitrogens with two attached hydrogens (primary N) is 2. The molecule has 4 heterocycles. The highest BCUT2D eigenvalue weighted by atomic mass is 19.1. The number of imide groups is 2. The average molecular weight is 905 g/mol. The van der Waals surface area contributed by atoms with Crippen LogP contribution in [0.2, 0.25) is 0 Å². The van der Waals surface area contributed by atoms with Gasteiger partial charge < -0.3 is 37.1 Å². The fourth-order valence-corrected chi connectivity index (χ4v) is 8.62. The number of carbonyl (C=O) groups excluding carboxylic acids is 6. The van der Waals surface area contributed by atoms with Crippen LogP contribution in [0.1, 0.15) is 73.4 Å². The lowest BCUT2D eigenvalue weighted by Gasteiger charge is -2.36. The molecule has 4 aliphatic rings. The number of halogens is 2. The molecule has 17 nitrogen and oxygen atoms in total. The normalized spacial score (nSPS) is 18.3. The predicted molar refractivity (Wildman–Crippen MR) is 242 cm³/mol. The van der Waals surface area contributed by atoms with E-state index in [2.05, 4.69) is 36.1 Å². The van der Waals surface area contributed by atoms with Crippen molar-refractivity contribution >= 4 is 64.0 Å². The number of hydrogen-bond donors (Lipinski definition) is 6. The molecule has 8 rings (SSSR count). The van der Waals surface area contributed by atoms with E-state index < -0.39 is 47.2 Å². The first-order valence-electron chi connectivity index (χ1n) is 21.8. The second-order valence-corrected chi connectivity index (χ2v) is 16.7. The lowest BCUT2D eigenvalue weighted by atomic mass is 10.0. The number of nitrogen functional groups attached to an aromatic ring is 1. The van der Waals surface area contributed by atoms with Crippen molar-refractivity contribution in [1.29, 1.82) is 0 Å². The van der Waals surface area contributed by atoms with E-state index in [1.165, 1.54) is 18.2 Å². The average Bonchev–Trinajstić information content (AvgIpc) is 3.53. The Morgan fingerprint density at radius 3 is 2.29 bits per heavy atom. The van der Waals surface area contributed by atoms with E-state index in [-0.39, 0.29) is 60.4 Å². The minimum absolute atomic E-state index is 0.0362. The molecule has 0 aromatic heterocycles.